The van der Waals surface area contributed by atoms with Crippen molar-refractivity contribution in [1.29, 1.82) is 0 Å². The number of hydrogen-bond acceptors (Lipinski definition) is 3. The van der Waals surface area contributed by atoms with Gasteiger partial charge in [-0.3, -0.25) is 4.79 Å². The van der Waals surface area contributed by atoms with Crippen LogP contribution in [0.15, 0.2) is 42.7 Å². The molecule has 0 aliphatic carbocycles. The summed E-state index contributed by atoms with van der Waals surface area (Å²) in [7, 11) is 0. The SMILES string of the molecule is C=C(/C=C\n1ncc(NC(C)=O)c1C)N1CCC[C@@H]1c1cc(I)ccc1F. The lowest BCUT2D eigenvalue weighted by Gasteiger charge is -2.28. The van der Waals surface area contributed by atoms with Gasteiger partial charge in [0.2, 0.25) is 5.91 Å². The highest BCUT2D eigenvalue weighted by atomic mass is 127. The second kappa shape index (κ2) is 8.24. The summed E-state index contributed by atoms with van der Waals surface area (Å²) < 4.78 is 17.1. The van der Waals surface area contributed by atoms with Crippen molar-refractivity contribution in [2.24, 2.45) is 0 Å². The van der Waals surface area contributed by atoms with Gasteiger partial charge >= 0.3 is 0 Å². The number of rotatable bonds is 5. The van der Waals surface area contributed by atoms with Crippen molar-refractivity contribution in [3.63, 3.8) is 0 Å². The van der Waals surface area contributed by atoms with Crippen molar-refractivity contribution in [2.45, 2.75) is 32.7 Å². The Morgan fingerprint density at radius 1 is 1.48 bits per heavy atom. The molecule has 142 valence electrons. The van der Waals surface area contributed by atoms with Gasteiger partial charge in [-0.15, -0.1) is 0 Å². The molecule has 0 spiro atoms. The lowest BCUT2D eigenvalue weighted by molar-refractivity contribution is -0.114. The minimum absolute atomic E-state index is 0.00877. The summed E-state index contributed by atoms with van der Waals surface area (Å²) in [5.41, 5.74) is 3.04. The quantitative estimate of drug-likeness (QED) is 0.498. The summed E-state index contributed by atoms with van der Waals surface area (Å²) in [4.78, 5) is 13.4. The second-order valence-electron chi connectivity index (χ2n) is 6.59. The number of aromatic nitrogens is 2. The van der Waals surface area contributed by atoms with Gasteiger partial charge in [-0.05, 0) is 66.6 Å². The van der Waals surface area contributed by atoms with Crippen LogP contribution in [0, 0.1) is 16.3 Å². The van der Waals surface area contributed by atoms with Crippen LogP contribution >= 0.6 is 22.6 Å². The number of halogens is 2. The number of hydrogen-bond donors (Lipinski definition) is 1. The van der Waals surface area contributed by atoms with Crippen LogP contribution in [0.4, 0.5) is 10.1 Å². The number of benzene rings is 1. The number of carbonyl (C=O) groups is 1. The normalized spacial score (nSPS) is 16.9. The number of allylic oxidation sites excluding steroid dienone is 1. The van der Waals surface area contributed by atoms with Gasteiger partial charge in [0.25, 0.3) is 0 Å². The van der Waals surface area contributed by atoms with Crippen molar-refractivity contribution >= 4 is 40.4 Å². The summed E-state index contributed by atoms with van der Waals surface area (Å²) in [6.07, 6.45) is 7.20. The van der Waals surface area contributed by atoms with Gasteiger partial charge in [-0.2, -0.15) is 5.10 Å². The molecule has 7 heteroatoms. The minimum atomic E-state index is -0.174. The van der Waals surface area contributed by atoms with E-state index in [-0.39, 0.29) is 17.8 Å². The molecule has 1 saturated heterocycles. The molecule has 1 fully saturated rings. The van der Waals surface area contributed by atoms with Crippen LogP contribution in [0.2, 0.25) is 0 Å². The smallest absolute Gasteiger partial charge is 0.221 e. The molecule has 2 aromatic rings. The van der Waals surface area contributed by atoms with Crippen molar-refractivity contribution in [2.75, 3.05) is 11.9 Å². The Morgan fingerprint density at radius 2 is 2.26 bits per heavy atom. The predicted octanol–water partition coefficient (Wildman–Crippen LogP) is 4.72. The van der Waals surface area contributed by atoms with Crippen molar-refractivity contribution in [1.82, 2.24) is 14.7 Å². The maximum absolute atomic E-state index is 14.3. The molecular weight excluding hydrogens is 458 g/mol. The molecule has 1 aliphatic rings. The van der Waals surface area contributed by atoms with Crippen LogP contribution < -0.4 is 5.32 Å². The average Bonchev–Trinajstić information content (AvgIpc) is 3.23. The van der Waals surface area contributed by atoms with Gasteiger partial charge < -0.3 is 10.2 Å². The largest absolute Gasteiger partial charge is 0.365 e. The molecule has 0 saturated carbocycles. The third-order valence-corrected chi connectivity index (χ3v) is 5.37. The molecular formula is C20H22FIN4O. The molecule has 1 amide bonds. The van der Waals surface area contributed by atoms with Crippen LogP contribution in [-0.2, 0) is 4.79 Å². The van der Waals surface area contributed by atoms with Crippen molar-refractivity contribution < 1.29 is 9.18 Å². The highest BCUT2D eigenvalue weighted by molar-refractivity contribution is 14.1. The van der Waals surface area contributed by atoms with Crippen molar-refractivity contribution in [3.8, 4) is 0 Å². The first kappa shape index (κ1) is 19.6. The minimum Gasteiger partial charge on any atom is -0.365 e. The number of nitrogens with zero attached hydrogens (tertiary/aromatic N) is 3. The van der Waals surface area contributed by atoms with Crippen molar-refractivity contribution in [3.05, 3.63) is 63.4 Å². The van der Waals surface area contributed by atoms with E-state index in [9.17, 15) is 9.18 Å². The van der Waals surface area contributed by atoms with Crippen LogP contribution in [0.5, 0.6) is 0 Å². The number of anilines is 1. The Kier molecular flexibility index (Phi) is 5.98. The Balaban J connectivity index is 1.77. The van der Waals surface area contributed by atoms with E-state index in [1.807, 2.05) is 25.3 Å². The molecule has 3 rings (SSSR count). The predicted molar refractivity (Wildman–Crippen MR) is 114 cm³/mol. The zero-order chi connectivity index (χ0) is 19.6. The molecule has 2 heterocycles. The third kappa shape index (κ3) is 4.40. The van der Waals surface area contributed by atoms with Gasteiger partial charge in [0, 0.05) is 34.5 Å². The van der Waals surface area contributed by atoms with E-state index < -0.39 is 0 Å². The topological polar surface area (TPSA) is 50.2 Å². The second-order valence-corrected chi connectivity index (χ2v) is 7.84. The van der Waals surface area contributed by atoms with E-state index in [4.69, 9.17) is 0 Å². The van der Waals surface area contributed by atoms with E-state index in [1.54, 1.807) is 16.9 Å². The van der Waals surface area contributed by atoms with E-state index >= 15 is 0 Å². The first-order valence-electron chi connectivity index (χ1n) is 8.77. The maximum atomic E-state index is 14.3. The fraction of sp³-hybridized carbons (Fsp3) is 0.300. The monoisotopic (exact) mass is 480 g/mol. The summed E-state index contributed by atoms with van der Waals surface area (Å²) in [5.74, 6) is -0.308. The van der Waals surface area contributed by atoms with E-state index in [1.165, 1.54) is 13.0 Å². The van der Waals surface area contributed by atoms with E-state index in [0.717, 1.165) is 39.9 Å². The molecule has 1 aromatic heterocycles. The fourth-order valence-electron chi connectivity index (χ4n) is 3.34. The Labute approximate surface area is 172 Å². The Morgan fingerprint density at radius 3 is 3.00 bits per heavy atom. The average molecular weight is 480 g/mol. The highest BCUT2D eigenvalue weighted by Gasteiger charge is 2.28. The number of nitrogens with one attached hydrogen (secondary N) is 1. The van der Waals surface area contributed by atoms with Crippen LogP contribution in [-0.4, -0.2) is 27.1 Å². The number of carbonyl (C=O) groups excluding carboxylic acids is 1. The Hall–Kier alpha value is -2.16. The maximum Gasteiger partial charge on any atom is 0.221 e. The zero-order valence-electron chi connectivity index (χ0n) is 15.4. The molecule has 0 radical (unpaired) electrons. The van der Waals surface area contributed by atoms with Gasteiger partial charge in [0.05, 0.1) is 23.6 Å². The summed E-state index contributed by atoms with van der Waals surface area (Å²) in [6, 6.07) is 5.21. The highest BCUT2D eigenvalue weighted by Crippen LogP contribution is 2.36. The zero-order valence-corrected chi connectivity index (χ0v) is 17.5. The van der Waals surface area contributed by atoms with Crippen LogP contribution in [0.3, 0.4) is 0 Å². The van der Waals surface area contributed by atoms with E-state index in [2.05, 4.69) is 44.5 Å². The summed E-state index contributed by atoms with van der Waals surface area (Å²) >= 11 is 2.21. The summed E-state index contributed by atoms with van der Waals surface area (Å²) in [5, 5.41) is 7.01. The van der Waals surface area contributed by atoms with Gasteiger partial charge in [0.15, 0.2) is 0 Å². The van der Waals surface area contributed by atoms with Gasteiger partial charge in [-0.1, -0.05) is 6.58 Å². The molecule has 5 nitrogen and oxygen atoms in total. The lowest BCUT2D eigenvalue weighted by Crippen LogP contribution is -2.22. The van der Waals surface area contributed by atoms with Crippen LogP contribution in [0.25, 0.3) is 6.20 Å². The van der Waals surface area contributed by atoms with Crippen LogP contribution in [0.1, 0.15) is 37.1 Å². The molecule has 1 atom stereocenters. The lowest BCUT2D eigenvalue weighted by atomic mass is 10.0. The standard InChI is InChI=1S/C20H22FIN4O/c1-13(8-10-26-14(2)19(12-23-26)24-15(3)27)25-9-4-5-20(25)17-11-16(22)6-7-18(17)21/h6-8,10-12,20H,1,4-5,9H2,2-3H3,(H,24,27)/b10-8-/t20-/m1/s1. The molecule has 0 unspecified atom stereocenters. The number of likely N-dealkylation sites (tertiary alicyclic amines) is 1. The number of amides is 1. The first-order chi connectivity index (χ1) is 12.9. The molecule has 1 N–H and O–H groups in total. The molecule has 1 aromatic carbocycles. The molecule has 27 heavy (non-hydrogen) atoms. The first-order valence-corrected chi connectivity index (χ1v) is 9.85. The van der Waals surface area contributed by atoms with Gasteiger partial charge in [-0.25, -0.2) is 9.07 Å². The van der Waals surface area contributed by atoms with Gasteiger partial charge in [0.1, 0.15) is 5.82 Å². The third-order valence-electron chi connectivity index (χ3n) is 4.70. The van der Waals surface area contributed by atoms with E-state index in [0.29, 0.717) is 5.69 Å². The summed E-state index contributed by atoms with van der Waals surface area (Å²) in [6.45, 7) is 8.35. The molecule has 0 bridgehead atoms. The fourth-order valence-corrected chi connectivity index (χ4v) is 3.86. The molecule has 1 aliphatic heterocycles. The Bertz CT molecular complexity index is 905.